The average molecular weight is 392 g/mol. The lowest BCUT2D eigenvalue weighted by Crippen LogP contribution is -2.15. The summed E-state index contributed by atoms with van der Waals surface area (Å²) in [5, 5.41) is 11.5. The van der Waals surface area contributed by atoms with Crippen LogP contribution in [0.25, 0.3) is 0 Å². The van der Waals surface area contributed by atoms with Crippen molar-refractivity contribution < 1.29 is 14.3 Å². The molecule has 0 radical (unpaired) electrons. The number of nitrogens with zero attached hydrogens (tertiary/aromatic N) is 4. The Labute approximate surface area is 169 Å². The fourth-order valence-corrected chi connectivity index (χ4v) is 2.91. The number of hydrogen-bond acceptors (Lipinski definition) is 6. The number of tetrazole rings is 1. The molecular weight excluding hydrogens is 368 g/mol. The molecule has 0 saturated carbocycles. The van der Waals surface area contributed by atoms with E-state index in [2.05, 4.69) is 22.4 Å². The summed E-state index contributed by atoms with van der Waals surface area (Å²) in [5.74, 6) is -0.318. The van der Waals surface area contributed by atoms with Crippen LogP contribution in [0.15, 0.2) is 42.5 Å². The lowest BCUT2D eigenvalue weighted by atomic mass is 9.96. The summed E-state index contributed by atoms with van der Waals surface area (Å²) < 4.78 is 7.04. The number of ketones is 1. The summed E-state index contributed by atoms with van der Waals surface area (Å²) in [5.41, 5.74) is 3.20. The normalized spacial score (nSPS) is 10.7. The van der Waals surface area contributed by atoms with Crippen LogP contribution in [0.5, 0.6) is 0 Å². The number of aromatic nitrogens is 4. The lowest BCUT2D eigenvalue weighted by molar-refractivity contribution is 0.0454. The third kappa shape index (κ3) is 4.74. The Morgan fingerprint density at radius 3 is 2.52 bits per heavy atom. The van der Waals surface area contributed by atoms with E-state index in [1.807, 2.05) is 26.0 Å². The maximum Gasteiger partial charge on any atom is 0.339 e. The Morgan fingerprint density at radius 2 is 1.79 bits per heavy atom. The highest BCUT2D eigenvalue weighted by atomic mass is 16.5. The second-order valence-corrected chi connectivity index (χ2v) is 6.92. The monoisotopic (exact) mass is 392 g/mol. The number of carbonyl (C=O) groups excluding carboxylic acids is 2. The van der Waals surface area contributed by atoms with E-state index >= 15 is 0 Å². The lowest BCUT2D eigenvalue weighted by Gasteiger charge is -2.10. The quantitative estimate of drug-likeness (QED) is 0.429. The van der Waals surface area contributed by atoms with E-state index in [9.17, 15) is 9.59 Å². The molecule has 29 heavy (non-hydrogen) atoms. The topological polar surface area (TPSA) is 87.0 Å². The third-order valence-corrected chi connectivity index (χ3v) is 4.82. The van der Waals surface area contributed by atoms with Crippen molar-refractivity contribution in [1.29, 1.82) is 0 Å². The van der Waals surface area contributed by atoms with Gasteiger partial charge in [-0.3, -0.25) is 4.79 Å². The second-order valence-electron chi connectivity index (χ2n) is 6.92. The minimum Gasteiger partial charge on any atom is -0.454 e. The number of ether oxygens (including phenoxy) is 1. The Kier molecular flexibility index (Phi) is 6.49. The van der Waals surface area contributed by atoms with Gasteiger partial charge in [0.25, 0.3) is 0 Å². The van der Waals surface area contributed by atoms with Gasteiger partial charge in [0.05, 0.1) is 5.56 Å². The van der Waals surface area contributed by atoms with Crippen molar-refractivity contribution in [1.82, 2.24) is 20.2 Å². The Bertz CT molecular complexity index is 1030. The van der Waals surface area contributed by atoms with Crippen LogP contribution in [0.3, 0.4) is 0 Å². The molecule has 0 aliphatic heterocycles. The van der Waals surface area contributed by atoms with E-state index in [-0.39, 0.29) is 18.0 Å². The molecule has 150 valence electrons. The first kappa shape index (κ1) is 20.4. The molecule has 0 spiro atoms. The first-order valence-electron chi connectivity index (χ1n) is 9.64. The van der Waals surface area contributed by atoms with Crippen LogP contribution in [-0.2, 0) is 17.9 Å². The van der Waals surface area contributed by atoms with Gasteiger partial charge in [-0.15, -0.1) is 5.10 Å². The zero-order valence-electron chi connectivity index (χ0n) is 16.9. The van der Waals surface area contributed by atoms with Gasteiger partial charge < -0.3 is 4.74 Å². The van der Waals surface area contributed by atoms with E-state index in [1.54, 1.807) is 35.0 Å². The molecule has 0 amide bonds. The standard InChI is InChI=1S/C22H24N4O3/c1-4-5-12-26-20(23-24-25-26)14-29-22(28)19-9-7-6-8-18(19)21(27)17-11-10-15(2)16(3)13-17/h6-11,13H,4-5,12,14H2,1-3H3. The van der Waals surface area contributed by atoms with Crippen molar-refractivity contribution in [2.45, 2.75) is 46.8 Å². The summed E-state index contributed by atoms with van der Waals surface area (Å²) in [6.45, 7) is 6.63. The molecule has 7 nitrogen and oxygen atoms in total. The van der Waals surface area contributed by atoms with Gasteiger partial charge in [-0.05, 0) is 54.0 Å². The van der Waals surface area contributed by atoms with Crippen LogP contribution in [0.2, 0.25) is 0 Å². The zero-order valence-corrected chi connectivity index (χ0v) is 16.9. The zero-order chi connectivity index (χ0) is 20.8. The van der Waals surface area contributed by atoms with Crippen LogP contribution in [-0.4, -0.2) is 32.0 Å². The van der Waals surface area contributed by atoms with Gasteiger partial charge in [0.15, 0.2) is 18.2 Å². The van der Waals surface area contributed by atoms with Crippen molar-refractivity contribution in [2.24, 2.45) is 0 Å². The fraction of sp³-hybridized carbons (Fsp3) is 0.318. The number of unbranched alkanes of at least 4 members (excludes halogenated alkanes) is 1. The number of carbonyl (C=O) groups is 2. The van der Waals surface area contributed by atoms with Crippen molar-refractivity contribution in [3.8, 4) is 0 Å². The van der Waals surface area contributed by atoms with Crippen LogP contribution in [0.1, 0.15) is 63.0 Å². The summed E-state index contributed by atoms with van der Waals surface area (Å²) >= 11 is 0. The molecule has 0 aliphatic rings. The van der Waals surface area contributed by atoms with E-state index in [0.717, 1.165) is 24.0 Å². The molecule has 3 rings (SSSR count). The highest BCUT2D eigenvalue weighted by Crippen LogP contribution is 2.18. The molecular formula is C22H24N4O3. The summed E-state index contributed by atoms with van der Waals surface area (Å²) in [4.78, 5) is 25.7. The molecule has 0 fully saturated rings. The number of hydrogen-bond donors (Lipinski definition) is 0. The maximum atomic E-state index is 13.0. The average Bonchev–Trinajstić information content (AvgIpc) is 3.19. The summed E-state index contributed by atoms with van der Waals surface area (Å²) in [7, 11) is 0. The fourth-order valence-electron chi connectivity index (χ4n) is 2.91. The summed E-state index contributed by atoms with van der Waals surface area (Å²) in [6, 6.07) is 12.2. The van der Waals surface area contributed by atoms with Crippen molar-refractivity contribution in [3.63, 3.8) is 0 Å². The SMILES string of the molecule is CCCCn1nnnc1COC(=O)c1ccccc1C(=O)c1ccc(C)c(C)c1. The highest BCUT2D eigenvalue weighted by molar-refractivity contribution is 6.14. The Balaban J connectivity index is 1.78. The first-order valence-corrected chi connectivity index (χ1v) is 9.64. The van der Waals surface area contributed by atoms with Gasteiger partial charge >= 0.3 is 5.97 Å². The largest absolute Gasteiger partial charge is 0.454 e. The number of benzene rings is 2. The molecule has 2 aromatic carbocycles. The Hall–Kier alpha value is -3.35. The highest BCUT2D eigenvalue weighted by Gasteiger charge is 2.20. The molecule has 0 aliphatic carbocycles. The van der Waals surface area contributed by atoms with Gasteiger partial charge in [-0.1, -0.05) is 43.7 Å². The second kappa shape index (κ2) is 9.23. The molecule has 3 aromatic rings. The van der Waals surface area contributed by atoms with E-state index < -0.39 is 5.97 Å². The van der Waals surface area contributed by atoms with E-state index in [1.165, 1.54) is 0 Å². The van der Waals surface area contributed by atoms with Crippen molar-refractivity contribution in [2.75, 3.05) is 0 Å². The smallest absolute Gasteiger partial charge is 0.339 e. The molecule has 0 N–H and O–H groups in total. The van der Waals surface area contributed by atoms with E-state index in [4.69, 9.17) is 4.74 Å². The molecule has 0 bridgehead atoms. The first-order chi connectivity index (χ1) is 14.0. The number of esters is 1. The minimum absolute atomic E-state index is 0.0539. The van der Waals surface area contributed by atoms with E-state index in [0.29, 0.717) is 23.5 Å². The van der Waals surface area contributed by atoms with Crippen molar-refractivity contribution in [3.05, 3.63) is 76.1 Å². The Morgan fingerprint density at radius 1 is 1.03 bits per heavy atom. The molecule has 1 heterocycles. The predicted octanol–water partition coefficient (Wildman–Crippen LogP) is 3.68. The van der Waals surface area contributed by atoms with Crippen LogP contribution in [0, 0.1) is 13.8 Å². The van der Waals surface area contributed by atoms with Gasteiger partial charge in [-0.2, -0.15) is 0 Å². The van der Waals surface area contributed by atoms with Crippen molar-refractivity contribution >= 4 is 11.8 Å². The van der Waals surface area contributed by atoms with Gasteiger partial charge in [0, 0.05) is 17.7 Å². The van der Waals surface area contributed by atoms with Crippen LogP contribution < -0.4 is 0 Å². The minimum atomic E-state index is -0.581. The predicted molar refractivity (Wildman–Crippen MR) is 108 cm³/mol. The third-order valence-electron chi connectivity index (χ3n) is 4.82. The van der Waals surface area contributed by atoms with Crippen LogP contribution >= 0.6 is 0 Å². The van der Waals surface area contributed by atoms with Gasteiger partial charge in [0.2, 0.25) is 0 Å². The molecule has 7 heteroatoms. The maximum absolute atomic E-state index is 13.0. The molecule has 0 saturated heterocycles. The summed E-state index contributed by atoms with van der Waals surface area (Å²) in [6.07, 6.45) is 1.94. The molecule has 0 unspecified atom stereocenters. The van der Waals surface area contributed by atoms with Gasteiger partial charge in [0.1, 0.15) is 0 Å². The number of aryl methyl sites for hydroxylation is 3. The number of rotatable bonds is 8. The molecule has 0 atom stereocenters. The van der Waals surface area contributed by atoms with Crippen LogP contribution in [0.4, 0.5) is 0 Å². The molecule has 1 aromatic heterocycles. The van der Waals surface area contributed by atoms with Gasteiger partial charge in [-0.25, -0.2) is 9.48 Å².